The number of aromatic nitrogens is 4. The van der Waals surface area contributed by atoms with Crippen LogP contribution in [0.5, 0.6) is 5.75 Å². The van der Waals surface area contributed by atoms with Crippen LogP contribution < -0.4 is 10.5 Å². The second-order valence-electron chi connectivity index (χ2n) is 4.89. The molecule has 0 fully saturated rings. The standard InChI is InChI=1S/C16H13N5O/c1-22-12-4-2-3-10-13(12)9-5-7-18-15(14(9)20-10)11-6-8-19-16(17)21-11/h2-8,20H,1H3,(H2,17,19,21). The van der Waals surface area contributed by atoms with Crippen LogP contribution in [0.1, 0.15) is 0 Å². The van der Waals surface area contributed by atoms with Gasteiger partial charge in [-0.15, -0.1) is 0 Å². The first-order valence-corrected chi connectivity index (χ1v) is 6.80. The molecule has 0 saturated heterocycles. The molecule has 3 heterocycles. The summed E-state index contributed by atoms with van der Waals surface area (Å²) in [6.45, 7) is 0. The molecule has 4 rings (SSSR count). The number of rotatable bonds is 2. The molecule has 4 aromatic rings. The fraction of sp³-hybridized carbons (Fsp3) is 0.0625. The minimum absolute atomic E-state index is 0.227. The van der Waals surface area contributed by atoms with Gasteiger partial charge in [0.1, 0.15) is 11.4 Å². The minimum Gasteiger partial charge on any atom is -0.496 e. The largest absolute Gasteiger partial charge is 0.496 e. The normalized spacial score (nSPS) is 11.1. The van der Waals surface area contributed by atoms with Gasteiger partial charge >= 0.3 is 0 Å². The Morgan fingerprint density at radius 3 is 2.77 bits per heavy atom. The summed E-state index contributed by atoms with van der Waals surface area (Å²) < 4.78 is 5.47. The Bertz CT molecular complexity index is 992. The number of nitrogens with two attached hydrogens (primary N) is 1. The van der Waals surface area contributed by atoms with Crippen molar-refractivity contribution in [3.63, 3.8) is 0 Å². The first-order chi connectivity index (χ1) is 10.8. The summed E-state index contributed by atoms with van der Waals surface area (Å²) in [6.07, 6.45) is 3.39. The average Bonchev–Trinajstić information content (AvgIpc) is 2.93. The van der Waals surface area contributed by atoms with E-state index in [-0.39, 0.29) is 5.95 Å². The van der Waals surface area contributed by atoms with Crippen molar-refractivity contribution >= 4 is 27.8 Å². The third kappa shape index (κ3) is 1.77. The number of methoxy groups -OCH3 is 1. The molecule has 3 aromatic heterocycles. The predicted molar refractivity (Wildman–Crippen MR) is 85.6 cm³/mol. The maximum atomic E-state index is 5.68. The van der Waals surface area contributed by atoms with E-state index in [1.54, 1.807) is 25.6 Å². The van der Waals surface area contributed by atoms with Gasteiger partial charge in [-0.3, -0.25) is 4.98 Å². The van der Waals surface area contributed by atoms with Gasteiger partial charge in [0.25, 0.3) is 0 Å². The average molecular weight is 291 g/mol. The Morgan fingerprint density at radius 1 is 1.09 bits per heavy atom. The highest BCUT2D eigenvalue weighted by Gasteiger charge is 2.14. The lowest BCUT2D eigenvalue weighted by Crippen LogP contribution is -1.96. The lowest BCUT2D eigenvalue weighted by atomic mass is 10.1. The van der Waals surface area contributed by atoms with Crippen LogP contribution in [-0.4, -0.2) is 27.0 Å². The fourth-order valence-corrected chi connectivity index (χ4v) is 2.71. The Labute approximate surface area is 126 Å². The van der Waals surface area contributed by atoms with Crippen molar-refractivity contribution < 1.29 is 4.74 Å². The van der Waals surface area contributed by atoms with Gasteiger partial charge in [-0.25, -0.2) is 9.97 Å². The third-order valence-electron chi connectivity index (χ3n) is 3.64. The van der Waals surface area contributed by atoms with E-state index in [0.717, 1.165) is 33.2 Å². The Hall–Kier alpha value is -3.15. The molecule has 6 heteroatoms. The maximum absolute atomic E-state index is 5.68. The zero-order valence-electron chi connectivity index (χ0n) is 11.9. The molecule has 3 N–H and O–H groups in total. The topological polar surface area (TPSA) is 89.7 Å². The van der Waals surface area contributed by atoms with Gasteiger partial charge < -0.3 is 15.5 Å². The number of fused-ring (bicyclic) bond motifs is 3. The minimum atomic E-state index is 0.227. The van der Waals surface area contributed by atoms with Gasteiger partial charge in [0, 0.05) is 23.2 Å². The number of anilines is 1. The molecule has 0 aliphatic rings. The van der Waals surface area contributed by atoms with Gasteiger partial charge in [0.15, 0.2) is 0 Å². The van der Waals surface area contributed by atoms with Gasteiger partial charge in [-0.05, 0) is 24.3 Å². The SMILES string of the molecule is COc1cccc2[nH]c3c(-c4ccnc(N)n4)nccc3c12. The Balaban J connectivity index is 2.10. The molecule has 108 valence electrons. The highest BCUT2D eigenvalue weighted by molar-refractivity contribution is 6.13. The number of pyridine rings is 1. The molecule has 0 unspecified atom stereocenters. The van der Waals surface area contributed by atoms with Crippen LogP contribution in [0.25, 0.3) is 33.2 Å². The molecule has 0 aliphatic carbocycles. The second-order valence-corrected chi connectivity index (χ2v) is 4.89. The first kappa shape index (κ1) is 12.6. The highest BCUT2D eigenvalue weighted by Crippen LogP contribution is 2.35. The molecule has 0 amide bonds. The van der Waals surface area contributed by atoms with Gasteiger partial charge in [0.2, 0.25) is 5.95 Å². The summed E-state index contributed by atoms with van der Waals surface area (Å²) in [5.74, 6) is 1.05. The van der Waals surface area contributed by atoms with E-state index in [2.05, 4.69) is 19.9 Å². The zero-order valence-corrected chi connectivity index (χ0v) is 11.9. The molecule has 1 aromatic carbocycles. The van der Waals surface area contributed by atoms with Gasteiger partial charge in [0.05, 0.1) is 23.8 Å². The van der Waals surface area contributed by atoms with Crippen LogP contribution >= 0.6 is 0 Å². The molecular weight excluding hydrogens is 278 g/mol. The second kappa shape index (κ2) is 4.70. The monoisotopic (exact) mass is 291 g/mol. The summed E-state index contributed by atoms with van der Waals surface area (Å²) in [4.78, 5) is 16.0. The summed E-state index contributed by atoms with van der Waals surface area (Å²) >= 11 is 0. The number of benzene rings is 1. The first-order valence-electron chi connectivity index (χ1n) is 6.80. The van der Waals surface area contributed by atoms with Crippen molar-refractivity contribution in [2.45, 2.75) is 0 Å². The number of H-pyrrole nitrogens is 1. The molecular formula is C16H13N5O. The van der Waals surface area contributed by atoms with Crippen LogP contribution in [0, 0.1) is 0 Å². The maximum Gasteiger partial charge on any atom is 0.220 e. The van der Waals surface area contributed by atoms with Crippen molar-refractivity contribution in [1.29, 1.82) is 0 Å². The molecule has 0 spiro atoms. The van der Waals surface area contributed by atoms with Crippen molar-refractivity contribution in [3.8, 4) is 17.1 Å². The number of aromatic amines is 1. The van der Waals surface area contributed by atoms with E-state index in [0.29, 0.717) is 5.69 Å². The lowest BCUT2D eigenvalue weighted by molar-refractivity contribution is 0.420. The van der Waals surface area contributed by atoms with E-state index in [1.807, 2.05) is 24.3 Å². The van der Waals surface area contributed by atoms with Gasteiger partial charge in [-0.1, -0.05) is 6.07 Å². The molecule has 0 bridgehead atoms. The van der Waals surface area contributed by atoms with Crippen LogP contribution in [0.15, 0.2) is 42.7 Å². The van der Waals surface area contributed by atoms with Crippen LogP contribution in [0.3, 0.4) is 0 Å². The quantitative estimate of drug-likeness (QED) is 0.592. The van der Waals surface area contributed by atoms with E-state index in [4.69, 9.17) is 10.5 Å². The molecule has 22 heavy (non-hydrogen) atoms. The molecule has 0 atom stereocenters. The molecule has 0 saturated carbocycles. The number of hydrogen-bond donors (Lipinski definition) is 2. The van der Waals surface area contributed by atoms with Crippen molar-refractivity contribution in [1.82, 2.24) is 19.9 Å². The van der Waals surface area contributed by atoms with Crippen LogP contribution in [-0.2, 0) is 0 Å². The summed E-state index contributed by atoms with van der Waals surface area (Å²) in [5, 5.41) is 2.07. The zero-order chi connectivity index (χ0) is 15.1. The Morgan fingerprint density at radius 2 is 1.95 bits per heavy atom. The number of nitrogen functional groups attached to an aromatic ring is 1. The van der Waals surface area contributed by atoms with Crippen molar-refractivity contribution in [2.75, 3.05) is 12.8 Å². The van der Waals surface area contributed by atoms with E-state index >= 15 is 0 Å². The number of ether oxygens (including phenoxy) is 1. The van der Waals surface area contributed by atoms with Crippen LogP contribution in [0.4, 0.5) is 5.95 Å². The van der Waals surface area contributed by atoms with E-state index in [1.165, 1.54) is 0 Å². The van der Waals surface area contributed by atoms with Gasteiger partial charge in [-0.2, -0.15) is 0 Å². The number of nitrogens with one attached hydrogen (secondary N) is 1. The fourth-order valence-electron chi connectivity index (χ4n) is 2.71. The predicted octanol–water partition coefficient (Wildman–Crippen LogP) is 2.76. The van der Waals surface area contributed by atoms with Crippen LogP contribution in [0.2, 0.25) is 0 Å². The summed E-state index contributed by atoms with van der Waals surface area (Å²) in [5.41, 5.74) is 9.00. The molecule has 6 nitrogen and oxygen atoms in total. The summed E-state index contributed by atoms with van der Waals surface area (Å²) in [7, 11) is 1.67. The van der Waals surface area contributed by atoms with Crippen molar-refractivity contribution in [3.05, 3.63) is 42.7 Å². The van der Waals surface area contributed by atoms with E-state index in [9.17, 15) is 0 Å². The van der Waals surface area contributed by atoms with Crippen molar-refractivity contribution in [2.24, 2.45) is 0 Å². The summed E-state index contributed by atoms with van der Waals surface area (Å²) in [6, 6.07) is 9.66. The number of hydrogen-bond acceptors (Lipinski definition) is 5. The highest BCUT2D eigenvalue weighted by atomic mass is 16.5. The molecule has 0 radical (unpaired) electrons. The lowest BCUT2D eigenvalue weighted by Gasteiger charge is -2.03. The number of nitrogens with zero attached hydrogens (tertiary/aromatic N) is 3. The van der Waals surface area contributed by atoms with E-state index < -0.39 is 0 Å². The Kier molecular flexibility index (Phi) is 2.69. The third-order valence-corrected chi connectivity index (χ3v) is 3.64. The molecule has 0 aliphatic heterocycles. The smallest absolute Gasteiger partial charge is 0.220 e.